The molecule has 0 spiro atoms. The van der Waals surface area contributed by atoms with Gasteiger partial charge >= 0.3 is 0 Å². The predicted molar refractivity (Wildman–Crippen MR) is 73.7 cm³/mol. The fourth-order valence-electron chi connectivity index (χ4n) is 1.39. The molecule has 0 aliphatic carbocycles. The molecular formula is C13H14N4O3. The highest BCUT2D eigenvalue weighted by molar-refractivity contribution is 5.97. The second-order valence-electron chi connectivity index (χ2n) is 4.22. The zero-order chi connectivity index (χ0) is 15.1. The van der Waals surface area contributed by atoms with Gasteiger partial charge in [0.2, 0.25) is 0 Å². The molecule has 7 heteroatoms. The Morgan fingerprint density at radius 2 is 2.10 bits per heavy atom. The van der Waals surface area contributed by atoms with Gasteiger partial charge in [-0.05, 0) is 19.9 Å². The molecule has 0 heterocycles. The number of nitrogens with zero attached hydrogens (tertiary/aromatic N) is 2. The van der Waals surface area contributed by atoms with Crippen molar-refractivity contribution in [1.29, 1.82) is 5.26 Å². The summed E-state index contributed by atoms with van der Waals surface area (Å²) in [6, 6.07) is 7.60. The fraction of sp³-hybridized carbons (Fsp3) is 0.231. The highest BCUT2D eigenvalue weighted by atomic mass is 16.6. The summed E-state index contributed by atoms with van der Waals surface area (Å²) in [5.74, 6) is -0.534. The predicted octanol–water partition coefficient (Wildman–Crippen LogP) is 1.94. The Morgan fingerprint density at radius 1 is 1.45 bits per heavy atom. The summed E-state index contributed by atoms with van der Waals surface area (Å²) in [7, 11) is 0. The lowest BCUT2D eigenvalue weighted by molar-refractivity contribution is -0.383. The summed E-state index contributed by atoms with van der Waals surface area (Å²) >= 11 is 0. The summed E-state index contributed by atoms with van der Waals surface area (Å²) in [6.45, 7) is 3.53. The van der Waals surface area contributed by atoms with Gasteiger partial charge in [-0.15, -0.1) is 0 Å². The minimum Gasteiger partial charge on any atom is -0.355 e. The van der Waals surface area contributed by atoms with Gasteiger partial charge in [-0.2, -0.15) is 5.26 Å². The Labute approximate surface area is 116 Å². The summed E-state index contributed by atoms with van der Waals surface area (Å²) in [5, 5.41) is 24.9. The number of benzene rings is 1. The molecule has 0 aliphatic rings. The Kier molecular flexibility index (Phi) is 5.23. The van der Waals surface area contributed by atoms with Crippen molar-refractivity contribution in [3.05, 3.63) is 46.2 Å². The highest BCUT2D eigenvalue weighted by Gasteiger charge is 2.13. The first-order valence-electron chi connectivity index (χ1n) is 5.86. The van der Waals surface area contributed by atoms with Crippen molar-refractivity contribution in [3.8, 4) is 6.07 Å². The summed E-state index contributed by atoms with van der Waals surface area (Å²) in [4.78, 5) is 21.9. The van der Waals surface area contributed by atoms with Crippen molar-refractivity contribution in [2.75, 3.05) is 5.32 Å². The number of rotatable bonds is 5. The van der Waals surface area contributed by atoms with Crippen LogP contribution in [0.5, 0.6) is 0 Å². The van der Waals surface area contributed by atoms with E-state index in [1.165, 1.54) is 18.2 Å². The number of carbonyl (C=O) groups excluding carboxylic acids is 1. The molecular weight excluding hydrogens is 260 g/mol. The number of hydrogen-bond donors (Lipinski definition) is 2. The number of amides is 1. The second-order valence-corrected chi connectivity index (χ2v) is 4.22. The number of carbonyl (C=O) groups is 1. The maximum Gasteiger partial charge on any atom is 0.292 e. The fourth-order valence-corrected chi connectivity index (χ4v) is 1.39. The van der Waals surface area contributed by atoms with Crippen LogP contribution >= 0.6 is 0 Å². The van der Waals surface area contributed by atoms with Crippen LogP contribution in [0.3, 0.4) is 0 Å². The van der Waals surface area contributed by atoms with Gasteiger partial charge in [0.05, 0.1) is 4.92 Å². The van der Waals surface area contributed by atoms with Gasteiger partial charge in [0.15, 0.2) is 0 Å². The maximum atomic E-state index is 11.6. The van der Waals surface area contributed by atoms with E-state index in [1.54, 1.807) is 26.0 Å². The van der Waals surface area contributed by atoms with E-state index in [0.717, 1.165) is 6.20 Å². The minimum absolute atomic E-state index is 0.106. The van der Waals surface area contributed by atoms with Crippen molar-refractivity contribution in [3.63, 3.8) is 0 Å². The Hall–Kier alpha value is -2.88. The van der Waals surface area contributed by atoms with E-state index in [2.05, 4.69) is 10.6 Å². The molecule has 0 fully saturated rings. The summed E-state index contributed by atoms with van der Waals surface area (Å²) < 4.78 is 0. The molecule has 1 aromatic rings. The molecule has 20 heavy (non-hydrogen) atoms. The molecule has 104 valence electrons. The van der Waals surface area contributed by atoms with Crippen LogP contribution in [0.2, 0.25) is 0 Å². The SMILES string of the molecule is CC(C)NC(=O)/C(C#N)=C\Nc1ccccc1[N+](=O)[O-]. The number of nitrogens with one attached hydrogen (secondary N) is 2. The van der Waals surface area contributed by atoms with E-state index < -0.39 is 10.8 Å². The van der Waals surface area contributed by atoms with Crippen molar-refractivity contribution in [2.24, 2.45) is 0 Å². The van der Waals surface area contributed by atoms with Crippen molar-refractivity contribution in [1.82, 2.24) is 5.32 Å². The normalized spacial score (nSPS) is 10.8. The number of anilines is 1. The van der Waals surface area contributed by atoms with Gasteiger partial charge < -0.3 is 10.6 Å². The number of nitro benzene ring substituents is 1. The van der Waals surface area contributed by atoms with E-state index in [-0.39, 0.29) is 23.0 Å². The first-order valence-corrected chi connectivity index (χ1v) is 5.86. The lowest BCUT2D eigenvalue weighted by atomic mass is 10.2. The first-order chi connectivity index (χ1) is 9.45. The smallest absolute Gasteiger partial charge is 0.292 e. The molecule has 0 aromatic heterocycles. The standard InChI is InChI=1S/C13H14N4O3/c1-9(2)16-13(18)10(7-14)8-15-11-5-3-4-6-12(11)17(19)20/h3-6,8-9,15H,1-2H3,(H,16,18)/b10-8-. The third-order valence-corrected chi connectivity index (χ3v) is 2.26. The molecule has 0 bridgehead atoms. The summed E-state index contributed by atoms with van der Waals surface area (Å²) in [5.41, 5.74) is -0.0789. The Morgan fingerprint density at radius 3 is 2.65 bits per heavy atom. The lowest BCUT2D eigenvalue weighted by Crippen LogP contribution is -2.31. The summed E-state index contributed by atoms with van der Waals surface area (Å²) in [6.07, 6.45) is 1.15. The average Bonchev–Trinajstić information content (AvgIpc) is 2.38. The van der Waals surface area contributed by atoms with Gasteiger partial charge in [0.25, 0.3) is 11.6 Å². The molecule has 1 rings (SSSR count). The first kappa shape index (κ1) is 15.2. The molecule has 0 aliphatic heterocycles. The van der Waals surface area contributed by atoms with Crippen LogP contribution in [0.15, 0.2) is 36.0 Å². The average molecular weight is 274 g/mol. The molecule has 0 atom stereocenters. The number of nitro groups is 1. The van der Waals surface area contributed by atoms with Gasteiger partial charge in [-0.3, -0.25) is 14.9 Å². The maximum absolute atomic E-state index is 11.6. The van der Waals surface area contributed by atoms with Gasteiger partial charge in [0.1, 0.15) is 17.3 Å². The third kappa shape index (κ3) is 4.10. The van der Waals surface area contributed by atoms with E-state index >= 15 is 0 Å². The molecule has 7 nitrogen and oxygen atoms in total. The quantitative estimate of drug-likeness (QED) is 0.369. The number of nitriles is 1. The molecule has 0 saturated carbocycles. The topological polar surface area (TPSA) is 108 Å². The molecule has 0 radical (unpaired) electrons. The van der Waals surface area contributed by atoms with E-state index in [9.17, 15) is 14.9 Å². The van der Waals surface area contributed by atoms with E-state index in [0.29, 0.717) is 0 Å². The second kappa shape index (κ2) is 6.89. The van der Waals surface area contributed by atoms with Crippen LogP contribution in [0.4, 0.5) is 11.4 Å². The molecule has 2 N–H and O–H groups in total. The minimum atomic E-state index is -0.545. The van der Waals surface area contributed by atoms with Gasteiger partial charge in [-0.25, -0.2) is 0 Å². The highest BCUT2D eigenvalue weighted by Crippen LogP contribution is 2.23. The van der Waals surface area contributed by atoms with Crippen LogP contribution in [-0.4, -0.2) is 16.9 Å². The third-order valence-electron chi connectivity index (χ3n) is 2.26. The Balaban J connectivity index is 2.93. The number of para-hydroxylation sites is 2. The zero-order valence-electron chi connectivity index (χ0n) is 11.1. The van der Waals surface area contributed by atoms with E-state index in [1.807, 2.05) is 0 Å². The van der Waals surface area contributed by atoms with E-state index in [4.69, 9.17) is 5.26 Å². The molecule has 0 saturated heterocycles. The zero-order valence-corrected chi connectivity index (χ0v) is 11.1. The van der Waals surface area contributed by atoms with Crippen LogP contribution in [0, 0.1) is 21.4 Å². The molecule has 0 unspecified atom stereocenters. The van der Waals surface area contributed by atoms with Crippen LogP contribution in [0.1, 0.15) is 13.8 Å². The van der Waals surface area contributed by atoms with Crippen molar-refractivity contribution < 1.29 is 9.72 Å². The monoisotopic (exact) mass is 274 g/mol. The van der Waals surface area contributed by atoms with Gasteiger partial charge in [0, 0.05) is 18.3 Å². The van der Waals surface area contributed by atoms with Crippen LogP contribution in [-0.2, 0) is 4.79 Å². The Bertz CT molecular complexity index is 588. The van der Waals surface area contributed by atoms with Gasteiger partial charge in [-0.1, -0.05) is 12.1 Å². The molecule has 1 aromatic carbocycles. The van der Waals surface area contributed by atoms with Crippen molar-refractivity contribution in [2.45, 2.75) is 19.9 Å². The lowest BCUT2D eigenvalue weighted by Gasteiger charge is -2.07. The van der Waals surface area contributed by atoms with Crippen LogP contribution < -0.4 is 10.6 Å². The molecule has 1 amide bonds. The largest absolute Gasteiger partial charge is 0.355 e. The van der Waals surface area contributed by atoms with Crippen LogP contribution in [0.25, 0.3) is 0 Å². The van der Waals surface area contributed by atoms with Crippen molar-refractivity contribution >= 4 is 17.3 Å². The number of hydrogen-bond acceptors (Lipinski definition) is 5.